The fraction of sp³-hybridized carbons (Fsp3) is 0.909. The van der Waals surface area contributed by atoms with Crippen LogP contribution in [0.4, 0.5) is 0 Å². The maximum atomic E-state index is 11.2. The average molecular weight is 189 g/mol. The lowest BCUT2D eigenvalue weighted by molar-refractivity contribution is -0.145. The Kier molecular flexibility index (Phi) is 4.87. The van der Waals surface area contributed by atoms with Crippen LogP contribution >= 0.6 is 0 Å². The zero-order valence-corrected chi connectivity index (χ0v) is 8.64. The van der Waals surface area contributed by atoms with Crippen LogP contribution < -0.4 is 0 Å². The Bertz CT molecular complexity index is 202. The number of ether oxygens (including phenoxy) is 1. The summed E-state index contributed by atoms with van der Waals surface area (Å²) in [5.74, 6) is -0.325. The van der Waals surface area contributed by atoms with E-state index in [1.807, 2.05) is 0 Å². The molecule has 0 bridgehead atoms. The highest BCUT2D eigenvalue weighted by Gasteiger charge is 2.04. The minimum atomic E-state index is -1.94. The first-order valence-electron chi connectivity index (χ1n) is 6.50. The van der Waals surface area contributed by atoms with Crippen molar-refractivity contribution in [3.63, 3.8) is 0 Å². The van der Waals surface area contributed by atoms with Crippen molar-refractivity contribution in [2.24, 2.45) is 5.92 Å². The van der Waals surface area contributed by atoms with Crippen molar-refractivity contribution >= 4 is 5.97 Å². The number of esters is 1. The topological polar surface area (TPSA) is 26.3 Å². The van der Waals surface area contributed by atoms with Gasteiger partial charge in [-0.05, 0) is 12.3 Å². The molecule has 0 aromatic carbocycles. The van der Waals surface area contributed by atoms with Crippen molar-refractivity contribution in [2.45, 2.75) is 52.8 Å². The molecule has 2 nitrogen and oxygen atoms in total. The van der Waals surface area contributed by atoms with E-state index in [4.69, 9.17) is 8.85 Å². The first-order chi connectivity index (χ1) is 7.35. The highest BCUT2D eigenvalue weighted by atomic mass is 16.5. The van der Waals surface area contributed by atoms with Crippen LogP contribution in [0.2, 0.25) is 0 Å². The predicted octanol–water partition coefficient (Wildman–Crippen LogP) is 3.16. The number of hydrogen-bond donors (Lipinski definition) is 0. The Balaban J connectivity index is 3.59. The van der Waals surface area contributed by atoms with E-state index in [0.29, 0.717) is 6.42 Å². The first kappa shape index (κ1) is 7.84. The summed E-state index contributed by atoms with van der Waals surface area (Å²) in [7, 11) is 0. The van der Waals surface area contributed by atoms with E-state index in [-0.39, 0.29) is 24.9 Å². The normalized spacial score (nSPS) is 16.9. The fourth-order valence-electron chi connectivity index (χ4n) is 0.886. The second-order valence-electron chi connectivity index (χ2n) is 3.45. The molecule has 0 aromatic heterocycles. The number of carbonyl (C=O) groups excluding carboxylic acids is 1. The number of hydrogen-bond acceptors (Lipinski definition) is 2. The minimum absolute atomic E-state index is 0.0925. The highest BCUT2D eigenvalue weighted by Crippen LogP contribution is 2.04. The molecule has 0 aromatic rings. The van der Waals surface area contributed by atoms with Gasteiger partial charge in [-0.15, -0.1) is 0 Å². The van der Waals surface area contributed by atoms with Crippen LogP contribution in [0, 0.1) is 5.92 Å². The van der Waals surface area contributed by atoms with Crippen LogP contribution in [0.3, 0.4) is 0 Å². The lowest BCUT2D eigenvalue weighted by Crippen LogP contribution is -2.10. The lowest BCUT2D eigenvalue weighted by Gasteiger charge is -2.09. The van der Waals surface area contributed by atoms with Crippen molar-refractivity contribution in [3.05, 3.63) is 0 Å². The summed E-state index contributed by atoms with van der Waals surface area (Å²) in [6, 6.07) is 0. The summed E-state index contributed by atoms with van der Waals surface area (Å²) < 4.78 is 26.2. The Morgan fingerprint density at radius 2 is 2.31 bits per heavy atom. The molecular weight excluding hydrogens is 164 g/mol. The number of carbonyl (C=O) groups is 1. The van der Waals surface area contributed by atoms with Crippen LogP contribution in [0.1, 0.15) is 56.9 Å². The van der Waals surface area contributed by atoms with Crippen LogP contribution in [0.5, 0.6) is 0 Å². The van der Waals surface area contributed by atoms with Crippen molar-refractivity contribution in [1.82, 2.24) is 0 Å². The van der Waals surface area contributed by atoms with Crippen LogP contribution in [-0.4, -0.2) is 12.6 Å². The summed E-state index contributed by atoms with van der Waals surface area (Å²) in [5, 5.41) is 0. The minimum Gasteiger partial charge on any atom is -0.465 e. The molecule has 0 spiro atoms. The van der Waals surface area contributed by atoms with E-state index in [2.05, 4.69) is 6.92 Å². The van der Waals surface area contributed by atoms with Crippen LogP contribution in [0.25, 0.3) is 0 Å². The average Bonchev–Trinajstić information content (AvgIpc) is 2.12. The molecule has 1 atom stereocenters. The van der Waals surface area contributed by atoms with Crippen molar-refractivity contribution in [2.75, 3.05) is 6.61 Å². The van der Waals surface area contributed by atoms with Gasteiger partial charge in [0.1, 0.15) is 0 Å². The smallest absolute Gasteiger partial charge is 0.305 e. The molecule has 0 saturated heterocycles. The van der Waals surface area contributed by atoms with Crippen molar-refractivity contribution in [3.8, 4) is 0 Å². The van der Waals surface area contributed by atoms with Gasteiger partial charge in [0, 0.05) is 10.5 Å². The van der Waals surface area contributed by atoms with Gasteiger partial charge in [-0.3, -0.25) is 4.79 Å². The van der Waals surface area contributed by atoms with E-state index < -0.39 is 6.85 Å². The molecule has 0 heterocycles. The van der Waals surface area contributed by atoms with Gasteiger partial charge in [-0.25, -0.2) is 0 Å². The SMILES string of the molecule is [2H]C([2H])([2H])CC(C)COC(=O)CCCCC. The highest BCUT2D eigenvalue weighted by molar-refractivity contribution is 5.69. The summed E-state index contributed by atoms with van der Waals surface area (Å²) in [4.78, 5) is 11.2. The quantitative estimate of drug-likeness (QED) is 0.454. The van der Waals surface area contributed by atoms with E-state index >= 15 is 0 Å². The number of unbranched alkanes of at least 4 members (excludes halogenated alkanes) is 2. The van der Waals surface area contributed by atoms with Gasteiger partial charge in [0.2, 0.25) is 0 Å². The molecule has 2 heteroatoms. The third-order valence-corrected chi connectivity index (χ3v) is 1.86. The molecule has 0 aliphatic heterocycles. The van der Waals surface area contributed by atoms with Crippen LogP contribution in [0.15, 0.2) is 0 Å². The largest absolute Gasteiger partial charge is 0.465 e. The second-order valence-corrected chi connectivity index (χ2v) is 3.45. The fourth-order valence-corrected chi connectivity index (χ4v) is 0.886. The van der Waals surface area contributed by atoms with Crippen LogP contribution in [-0.2, 0) is 9.53 Å². The van der Waals surface area contributed by atoms with Gasteiger partial charge < -0.3 is 4.74 Å². The Morgan fingerprint density at radius 1 is 1.54 bits per heavy atom. The molecule has 0 radical (unpaired) electrons. The molecule has 0 saturated carbocycles. The van der Waals surface area contributed by atoms with E-state index in [1.54, 1.807) is 6.92 Å². The molecule has 0 aliphatic carbocycles. The maximum Gasteiger partial charge on any atom is 0.305 e. The Hall–Kier alpha value is -0.530. The molecule has 0 N–H and O–H groups in total. The molecule has 0 rings (SSSR count). The third-order valence-electron chi connectivity index (χ3n) is 1.86. The maximum absolute atomic E-state index is 11.2. The molecule has 1 unspecified atom stereocenters. The van der Waals surface area contributed by atoms with Gasteiger partial charge in [-0.2, -0.15) is 0 Å². The van der Waals surface area contributed by atoms with Crippen molar-refractivity contribution in [1.29, 1.82) is 0 Å². The standard InChI is InChI=1S/C11H22O2/c1-4-6-7-8-11(12)13-9-10(3)5-2/h10H,4-9H2,1-3H3/i2D3. The van der Waals surface area contributed by atoms with Crippen molar-refractivity contribution < 1.29 is 13.6 Å². The molecule has 0 fully saturated rings. The van der Waals surface area contributed by atoms with Gasteiger partial charge in [0.15, 0.2) is 0 Å². The first-order valence-corrected chi connectivity index (χ1v) is 5.00. The zero-order chi connectivity index (χ0) is 12.6. The van der Waals surface area contributed by atoms with E-state index in [0.717, 1.165) is 19.3 Å². The molecular formula is C11H22O2. The third kappa shape index (κ3) is 7.82. The molecule has 0 amide bonds. The van der Waals surface area contributed by atoms with Gasteiger partial charge in [0.25, 0.3) is 0 Å². The summed E-state index contributed by atoms with van der Waals surface area (Å²) in [6.07, 6.45) is 3.48. The molecule has 13 heavy (non-hydrogen) atoms. The molecule has 0 aliphatic rings. The van der Waals surface area contributed by atoms with Gasteiger partial charge in [-0.1, -0.05) is 40.0 Å². The summed E-state index contributed by atoms with van der Waals surface area (Å²) in [6.45, 7) is 2.13. The molecule has 78 valence electrons. The predicted molar refractivity (Wildman–Crippen MR) is 54.6 cm³/mol. The van der Waals surface area contributed by atoms with Gasteiger partial charge >= 0.3 is 5.97 Å². The van der Waals surface area contributed by atoms with Gasteiger partial charge in [0.05, 0.1) is 6.61 Å². The zero-order valence-electron chi connectivity index (χ0n) is 11.6. The Morgan fingerprint density at radius 3 is 2.92 bits per heavy atom. The monoisotopic (exact) mass is 189 g/mol. The van der Waals surface area contributed by atoms with E-state index in [9.17, 15) is 4.79 Å². The summed E-state index contributed by atoms with van der Waals surface area (Å²) >= 11 is 0. The second kappa shape index (κ2) is 8.09. The Labute approximate surface area is 85.9 Å². The lowest BCUT2D eigenvalue weighted by atomic mass is 10.1. The van der Waals surface area contributed by atoms with E-state index in [1.165, 1.54) is 0 Å². The number of rotatable bonds is 7. The summed E-state index contributed by atoms with van der Waals surface area (Å²) in [5.41, 5.74) is 0.